The molecule has 0 spiro atoms. The van der Waals surface area contributed by atoms with Gasteiger partial charge in [-0.25, -0.2) is 0 Å². The molecule has 0 saturated heterocycles. The van der Waals surface area contributed by atoms with Crippen molar-refractivity contribution in [1.29, 1.82) is 0 Å². The van der Waals surface area contributed by atoms with Crippen LogP contribution in [0.1, 0.15) is 0 Å². The summed E-state index contributed by atoms with van der Waals surface area (Å²) in [5.41, 5.74) is 0. The van der Waals surface area contributed by atoms with E-state index in [1.165, 1.54) is 0 Å². The molecule has 1 atom stereocenters. The van der Waals surface area contributed by atoms with Crippen molar-refractivity contribution in [3.05, 3.63) is 51.4 Å². The number of hydrogen-bond donors (Lipinski definition) is 0. The molecule has 1 unspecified atom stereocenters. The van der Waals surface area contributed by atoms with E-state index in [1.54, 1.807) is 0 Å². The molecule has 25 heavy (non-hydrogen) atoms. The number of rotatable bonds is 0. The second kappa shape index (κ2) is 4.50. The van der Waals surface area contributed by atoms with Crippen molar-refractivity contribution in [2.75, 3.05) is 0 Å². The van der Waals surface area contributed by atoms with Gasteiger partial charge in [0.15, 0.2) is 18.6 Å². The van der Waals surface area contributed by atoms with E-state index in [0.717, 1.165) is 8.95 Å². The molecule has 0 N–H and O–H groups in total. The van der Waals surface area contributed by atoms with E-state index in [-0.39, 0.29) is 0 Å². The Bertz CT molecular complexity index is 1170. The van der Waals surface area contributed by atoms with Gasteiger partial charge in [-0.15, -0.1) is 0 Å². The number of hydrogen-bond acceptors (Lipinski definition) is 4. The topological polar surface area (TPSA) is 44.8 Å². The monoisotopic (exact) mass is 476 g/mol. The molecule has 6 rings (SSSR count). The zero-order chi connectivity index (χ0) is 16.9. The first-order valence-electron chi connectivity index (χ1n) is 7.52. The summed E-state index contributed by atoms with van der Waals surface area (Å²) >= 11 is 7.04. The van der Waals surface area contributed by atoms with E-state index in [1.807, 2.05) is 42.5 Å². The highest BCUT2D eigenvalue weighted by Gasteiger charge is 2.53. The van der Waals surface area contributed by atoms with E-state index >= 15 is 0 Å². The third kappa shape index (κ3) is 1.57. The van der Waals surface area contributed by atoms with Crippen LogP contribution in [0.2, 0.25) is 0 Å². The van der Waals surface area contributed by atoms with Crippen molar-refractivity contribution in [2.24, 2.45) is 0 Å². The van der Waals surface area contributed by atoms with Crippen molar-refractivity contribution in [2.45, 2.75) is 0 Å². The molecule has 4 nitrogen and oxygen atoms in total. The molecule has 0 fully saturated rings. The Hall–Kier alpha value is -1.75. The zero-order valence-corrected chi connectivity index (χ0v) is 16.4. The lowest BCUT2D eigenvalue weighted by atomic mass is 10.2. The molecule has 122 valence electrons. The van der Waals surface area contributed by atoms with Gasteiger partial charge in [0.25, 0.3) is 0 Å². The van der Waals surface area contributed by atoms with Crippen LogP contribution in [0.25, 0.3) is 0 Å². The summed E-state index contributed by atoms with van der Waals surface area (Å²) in [7, 11) is -3.17. The summed E-state index contributed by atoms with van der Waals surface area (Å²) in [4.78, 5) is 0. The van der Waals surface area contributed by atoms with Gasteiger partial charge in [-0.05, 0) is 68.3 Å². The molecule has 3 aromatic rings. The van der Waals surface area contributed by atoms with Crippen LogP contribution in [-0.2, 0) is 4.57 Å². The molecule has 0 bridgehead atoms. The predicted molar refractivity (Wildman–Crippen MR) is 101 cm³/mol. The van der Waals surface area contributed by atoms with Gasteiger partial charge in [0.1, 0.15) is 38.9 Å². The normalized spacial score (nSPS) is 20.1. The molecule has 0 aliphatic carbocycles. The molecular weight excluding hydrogens is 471 g/mol. The van der Waals surface area contributed by atoms with Gasteiger partial charge >= 0.3 is 0 Å². The number of ether oxygens (including phenoxy) is 3. The molecule has 0 radical (unpaired) electrons. The Labute approximate surface area is 159 Å². The summed E-state index contributed by atoms with van der Waals surface area (Å²) in [6, 6.07) is 12.8. The lowest BCUT2D eigenvalue weighted by Crippen LogP contribution is -2.38. The molecule has 7 heteroatoms. The van der Waals surface area contributed by atoms with Crippen LogP contribution in [0.15, 0.2) is 51.4 Å². The lowest BCUT2D eigenvalue weighted by Gasteiger charge is -2.39. The number of halogens is 2. The molecule has 3 aliphatic heterocycles. The Kier molecular flexibility index (Phi) is 2.60. The Balaban J connectivity index is 1.88. The van der Waals surface area contributed by atoms with Crippen molar-refractivity contribution >= 4 is 54.9 Å². The largest absolute Gasteiger partial charge is 0.455 e. The van der Waals surface area contributed by atoms with Crippen LogP contribution < -0.4 is 30.1 Å². The Morgan fingerprint density at radius 3 is 1.72 bits per heavy atom. The third-order valence-corrected chi connectivity index (χ3v) is 9.07. The molecular formula is C18H7Br2O4P. The summed E-state index contributed by atoms with van der Waals surface area (Å²) in [6.07, 6.45) is 0. The van der Waals surface area contributed by atoms with Crippen LogP contribution in [0.3, 0.4) is 0 Å². The molecule has 3 aliphatic rings. The van der Waals surface area contributed by atoms with E-state index in [9.17, 15) is 4.57 Å². The smallest absolute Gasteiger partial charge is 0.193 e. The Morgan fingerprint density at radius 2 is 1.12 bits per heavy atom. The van der Waals surface area contributed by atoms with Crippen LogP contribution in [0.4, 0.5) is 0 Å². The Morgan fingerprint density at radius 1 is 0.640 bits per heavy atom. The first-order valence-corrected chi connectivity index (χ1v) is 10.8. The minimum Gasteiger partial charge on any atom is -0.455 e. The first kappa shape index (κ1) is 14.4. The van der Waals surface area contributed by atoms with Crippen molar-refractivity contribution < 1.29 is 18.8 Å². The lowest BCUT2D eigenvalue weighted by molar-refractivity contribution is 0.437. The second-order valence-corrected chi connectivity index (χ2v) is 10.2. The van der Waals surface area contributed by atoms with Gasteiger partial charge in [0.05, 0.1) is 8.95 Å². The molecule has 0 aromatic heterocycles. The SMILES string of the molecule is O=P12c3c4cccc3Oc3c(Br)ccc(c31)Oc1c(Br)ccc(c12)O4. The van der Waals surface area contributed by atoms with Gasteiger partial charge in [-0.1, -0.05) is 6.07 Å². The van der Waals surface area contributed by atoms with E-state index in [2.05, 4.69) is 31.9 Å². The highest BCUT2D eigenvalue weighted by molar-refractivity contribution is 9.11. The maximum Gasteiger partial charge on any atom is 0.193 e. The fourth-order valence-electron chi connectivity index (χ4n) is 3.66. The molecule has 0 amide bonds. The van der Waals surface area contributed by atoms with Crippen LogP contribution in [-0.4, -0.2) is 0 Å². The van der Waals surface area contributed by atoms with Crippen LogP contribution in [0.5, 0.6) is 34.5 Å². The van der Waals surface area contributed by atoms with Gasteiger partial charge in [0, 0.05) is 0 Å². The summed E-state index contributed by atoms with van der Waals surface area (Å²) in [5.74, 6) is 3.33. The van der Waals surface area contributed by atoms with Crippen molar-refractivity contribution in [3.63, 3.8) is 0 Å². The third-order valence-electron chi connectivity index (χ3n) is 4.64. The van der Waals surface area contributed by atoms with E-state index in [4.69, 9.17) is 14.2 Å². The number of benzene rings is 3. The highest BCUT2D eigenvalue weighted by Crippen LogP contribution is 2.65. The average molecular weight is 478 g/mol. The molecule has 0 saturated carbocycles. The average Bonchev–Trinajstić information content (AvgIpc) is 2.60. The fourth-order valence-corrected chi connectivity index (χ4v) is 8.09. The van der Waals surface area contributed by atoms with Crippen LogP contribution >= 0.6 is 39.0 Å². The minimum atomic E-state index is -3.17. The summed E-state index contributed by atoms with van der Waals surface area (Å²) < 4.78 is 34.3. The quantitative estimate of drug-likeness (QED) is 0.283. The van der Waals surface area contributed by atoms with Gasteiger partial charge in [-0.3, -0.25) is 0 Å². The van der Waals surface area contributed by atoms with Gasteiger partial charge in [-0.2, -0.15) is 0 Å². The predicted octanol–water partition coefficient (Wildman–Crippen LogP) is 5.17. The summed E-state index contributed by atoms with van der Waals surface area (Å²) in [6.45, 7) is 0. The first-order chi connectivity index (χ1) is 12.1. The second-order valence-electron chi connectivity index (χ2n) is 5.96. The maximum absolute atomic E-state index is 14.6. The van der Waals surface area contributed by atoms with Gasteiger partial charge < -0.3 is 18.8 Å². The zero-order valence-electron chi connectivity index (χ0n) is 12.4. The highest BCUT2D eigenvalue weighted by atomic mass is 79.9. The maximum atomic E-state index is 14.6. The van der Waals surface area contributed by atoms with Crippen molar-refractivity contribution in [1.82, 2.24) is 0 Å². The standard InChI is InChI=1S/C18H7Br2O4P/c19-8-4-6-12-17-14(8)24-13-7-5-9(20)15-18(13)25(17,21)16-10(22-12)2-1-3-11(16)23-15/h1-7H. The van der Waals surface area contributed by atoms with E-state index < -0.39 is 7.14 Å². The minimum absolute atomic E-state index is 0.545. The van der Waals surface area contributed by atoms with Crippen LogP contribution in [0, 0.1) is 0 Å². The molecule has 3 heterocycles. The summed E-state index contributed by atoms with van der Waals surface area (Å²) in [5, 5.41) is 1.80. The van der Waals surface area contributed by atoms with Gasteiger partial charge in [0.2, 0.25) is 0 Å². The molecule has 3 aromatic carbocycles. The van der Waals surface area contributed by atoms with E-state index in [0.29, 0.717) is 50.4 Å². The van der Waals surface area contributed by atoms with Crippen molar-refractivity contribution in [3.8, 4) is 34.5 Å². The fraction of sp³-hybridized carbons (Fsp3) is 0.